The Balaban J connectivity index is 1.64. The van der Waals surface area contributed by atoms with Gasteiger partial charge in [-0.25, -0.2) is 0 Å². The minimum absolute atomic E-state index is 0.456. The molecule has 0 bridgehead atoms. The van der Waals surface area contributed by atoms with E-state index in [0.29, 0.717) is 5.92 Å². The standard InChI is InChI=1S/C24H17I/c25-22-11-9-18-13-17(6-7-20(18)15-22)19-10-12-24-21(14-19)8-5-16-3-1-2-4-23(16)24/h1-9,11-15,19H,10H2. The van der Waals surface area contributed by atoms with Gasteiger partial charge < -0.3 is 0 Å². The van der Waals surface area contributed by atoms with Crippen molar-refractivity contribution in [2.24, 2.45) is 0 Å². The smallest absolute Gasteiger partial charge is 0.0136 e. The van der Waals surface area contributed by atoms with Crippen LogP contribution in [0.15, 0.2) is 72.8 Å². The highest BCUT2D eigenvalue weighted by molar-refractivity contribution is 14.1. The molecule has 0 saturated heterocycles. The highest BCUT2D eigenvalue weighted by Gasteiger charge is 2.12. The van der Waals surface area contributed by atoms with E-state index < -0.39 is 0 Å². The maximum Gasteiger partial charge on any atom is 0.0136 e. The summed E-state index contributed by atoms with van der Waals surface area (Å²) in [6, 6.07) is 26.7. The van der Waals surface area contributed by atoms with Gasteiger partial charge in [0.2, 0.25) is 0 Å². The van der Waals surface area contributed by atoms with Crippen molar-refractivity contribution in [3.8, 4) is 0 Å². The first-order valence-electron chi connectivity index (χ1n) is 8.67. The highest BCUT2D eigenvalue weighted by atomic mass is 127. The zero-order chi connectivity index (χ0) is 16.8. The van der Waals surface area contributed by atoms with Gasteiger partial charge in [0.05, 0.1) is 0 Å². The molecular weight excluding hydrogens is 415 g/mol. The molecule has 0 fully saturated rings. The molecule has 0 saturated carbocycles. The van der Waals surface area contributed by atoms with Crippen molar-refractivity contribution in [3.63, 3.8) is 0 Å². The third-order valence-electron chi connectivity index (χ3n) is 5.22. The summed E-state index contributed by atoms with van der Waals surface area (Å²) in [7, 11) is 0. The lowest BCUT2D eigenvalue weighted by Gasteiger charge is -2.16. The summed E-state index contributed by atoms with van der Waals surface area (Å²) >= 11 is 2.38. The molecule has 4 aromatic rings. The quantitative estimate of drug-likeness (QED) is 0.356. The van der Waals surface area contributed by atoms with E-state index in [-0.39, 0.29) is 0 Å². The van der Waals surface area contributed by atoms with Gasteiger partial charge in [0.1, 0.15) is 0 Å². The monoisotopic (exact) mass is 432 g/mol. The van der Waals surface area contributed by atoms with E-state index in [1.807, 2.05) is 0 Å². The number of benzene rings is 4. The second kappa shape index (κ2) is 5.99. The van der Waals surface area contributed by atoms with E-state index in [9.17, 15) is 0 Å². The van der Waals surface area contributed by atoms with Gasteiger partial charge in [-0.2, -0.15) is 0 Å². The van der Waals surface area contributed by atoms with Crippen molar-refractivity contribution < 1.29 is 0 Å². The first kappa shape index (κ1) is 15.2. The van der Waals surface area contributed by atoms with Crippen LogP contribution in [0.3, 0.4) is 0 Å². The van der Waals surface area contributed by atoms with E-state index in [0.717, 1.165) is 6.42 Å². The summed E-state index contributed by atoms with van der Waals surface area (Å²) in [6.07, 6.45) is 5.92. The van der Waals surface area contributed by atoms with Gasteiger partial charge in [0, 0.05) is 9.49 Å². The molecule has 4 aromatic carbocycles. The van der Waals surface area contributed by atoms with Crippen LogP contribution in [0.4, 0.5) is 0 Å². The molecule has 120 valence electrons. The SMILES string of the molecule is Ic1ccc2cc(C3C=c4ccc5ccccc5c4=CC3)ccc2c1. The van der Waals surface area contributed by atoms with Crippen LogP contribution in [0.2, 0.25) is 0 Å². The summed E-state index contributed by atoms with van der Waals surface area (Å²) < 4.78 is 1.29. The topological polar surface area (TPSA) is 0 Å². The molecule has 0 aromatic heterocycles. The van der Waals surface area contributed by atoms with Crippen LogP contribution in [-0.4, -0.2) is 0 Å². The first-order valence-corrected chi connectivity index (χ1v) is 9.75. The Labute approximate surface area is 160 Å². The summed E-state index contributed by atoms with van der Waals surface area (Å²) in [4.78, 5) is 0. The van der Waals surface area contributed by atoms with Crippen LogP contribution in [-0.2, 0) is 0 Å². The molecule has 0 heterocycles. The fourth-order valence-electron chi connectivity index (χ4n) is 3.91. The molecule has 1 heteroatoms. The van der Waals surface area contributed by atoms with Crippen molar-refractivity contribution in [1.29, 1.82) is 0 Å². The molecule has 25 heavy (non-hydrogen) atoms. The van der Waals surface area contributed by atoms with Gasteiger partial charge in [-0.3, -0.25) is 0 Å². The molecule has 0 nitrogen and oxygen atoms in total. The van der Waals surface area contributed by atoms with Gasteiger partial charge in [-0.15, -0.1) is 0 Å². The van der Waals surface area contributed by atoms with Crippen molar-refractivity contribution in [2.45, 2.75) is 12.3 Å². The Hall–Kier alpha value is -2.13. The normalized spacial score (nSPS) is 16.3. The number of halogens is 1. The van der Waals surface area contributed by atoms with Crippen LogP contribution in [0.25, 0.3) is 33.7 Å². The van der Waals surface area contributed by atoms with Gasteiger partial charge in [-0.05, 0) is 78.7 Å². The van der Waals surface area contributed by atoms with E-state index in [1.54, 1.807) is 0 Å². The van der Waals surface area contributed by atoms with E-state index in [2.05, 4.69) is 108 Å². The average molecular weight is 432 g/mol. The van der Waals surface area contributed by atoms with E-state index in [1.165, 1.54) is 41.1 Å². The Morgan fingerprint density at radius 3 is 2.52 bits per heavy atom. The summed E-state index contributed by atoms with van der Waals surface area (Å²) in [5, 5.41) is 8.09. The van der Waals surface area contributed by atoms with Gasteiger partial charge >= 0.3 is 0 Å². The summed E-state index contributed by atoms with van der Waals surface area (Å²) in [5.41, 5.74) is 1.41. The van der Waals surface area contributed by atoms with Gasteiger partial charge in [-0.1, -0.05) is 72.8 Å². The molecule has 1 unspecified atom stereocenters. The fourth-order valence-corrected chi connectivity index (χ4v) is 4.43. The molecule has 1 aliphatic carbocycles. The molecule has 1 aliphatic rings. The lowest BCUT2D eigenvalue weighted by molar-refractivity contribution is 0.925. The Morgan fingerprint density at radius 1 is 0.760 bits per heavy atom. The average Bonchev–Trinajstić information content (AvgIpc) is 2.67. The summed E-state index contributed by atoms with van der Waals surface area (Å²) in [5.74, 6) is 0.456. The van der Waals surface area contributed by atoms with E-state index in [4.69, 9.17) is 0 Å². The highest BCUT2D eigenvalue weighted by Crippen LogP contribution is 2.28. The largest absolute Gasteiger partial charge is 0.0751 e. The van der Waals surface area contributed by atoms with Gasteiger partial charge in [0.15, 0.2) is 0 Å². The molecular formula is C24H17I. The lowest BCUT2D eigenvalue weighted by atomic mass is 9.88. The van der Waals surface area contributed by atoms with Crippen molar-refractivity contribution in [3.05, 3.63) is 92.4 Å². The minimum Gasteiger partial charge on any atom is -0.0751 e. The number of hydrogen-bond acceptors (Lipinski definition) is 0. The second-order valence-corrected chi connectivity index (χ2v) is 8.00. The summed E-state index contributed by atoms with van der Waals surface area (Å²) in [6.45, 7) is 0. The molecule has 0 spiro atoms. The molecule has 5 rings (SSSR count). The third-order valence-corrected chi connectivity index (χ3v) is 5.89. The molecule has 0 amide bonds. The number of rotatable bonds is 1. The Morgan fingerprint density at radius 2 is 1.56 bits per heavy atom. The predicted octanol–water partition coefficient (Wildman–Crippen LogP) is 5.35. The van der Waals surface area contributed by atoms with Crippen LogP contribution < -0.4 is 10.4 Å². The molecule has 0 radical (unpaired) electrons. The molecule has 0 N–H and O–H groups in total. The van der Waals surface area contributed by atoms with Crippen molar-refractivity contribution in [1.82, 2.24) is 0 Å². The van der Waals surface area contributed by atoms with Crippen molar-refractivity contribution in [2.75, 3.05) is 0 Å². The third kappa shape index (κ3) is 2.67. The maximum absolute atomic E-state index is 2.44. The van der Waals surface area contributed by atoms with Crippen molar-refractivity contribution >= 4 is 56.3 Å². The Kier molecular flexibility index (Phi) is 3.63. The Bertz CT molecular complexity index is 1230. The van der Waals surface area contributed by atoms with Gasteiger partial charge in [0.25, 0.3) is 0 Å². The minimum atomic E-state index is 0.456. The van der Waals surface area contributed by atoms with E-state index >= 15 is 0 Å². The predicted molar refractivity (Wildman–Crippen MR) is 116 cm³/mol. The number of hydrogen-bond donors (Lipinski definition) is 0. The maximum atomic E-state index is 2.44. The zero-order valence-corrected chi connectivity index (χ0v) is 15.9. The second-order valence-electron chi connectivity index (χ2n) is 6.75. The fraction of sp³-hybridized carbons (Fsp3) is 0.0833. The molecule has 1 atom stereocenters. The van der Waals surface area contributed by atoms with Crippen LogP contribution in [0.1, 0.15) is 17.9 Å². The lowest BCUT2D eigenvalue weighted by Crippen LogP contribution is -2.29. The molecule has 0 aliphatic heterocycles. The van der Waals surface area contributed by atoms with Crippen LogP contribution in [0.5, 0.6) is 0 Å². The van der Waals surface area contributed by atoms with Crippen LogP contribution >= 0.6 is 22.6 Å². The number of fused-ring (bicyclic) bond motifs is 4. The van der Waals surface area contributed by atoms with Crippen LogP contribution in [0, 0.1) is 3.57 Å². The zero-order valence-electron chi connectivity index (χ0n) is 13.7. The first-order chi connectivity index (χ1) is 12.3.